The van der Waals surface area contributed by atoms with Gasteiger partial charge in [0.25, 0.3) is 5.91 Å². The number of carbonyl (C=O) groups excluding carboxylic acids is 1. The lowest BCUT2D eigenvalue weighted by molar-refractivity contribution is 0.0954. The van der Waals surface area contributed by atoms with Gasteiger partial charge >= 0.3 is 0 Å². The van der Waals surface area contributed by atoms with Gasteiger partial charge in [-0.2, -0.15) is 23.5 Å². The normalized spacial score (nSPS) is 19.5. The molecule has 98 valence electrons. The van der Waals surface area contributed by atoms with Crippen molar-refractivity contribution in [3.63, 3.8) is 0 Å². The summed E-state index contributed by atoms with van der Waals surface area (Å²) in [5.74, 6) is 3.51. The van der Waals surface area contributed by atoms with Gasteiger partial charge in [0, 0.05) is 40.3 Å². The number of thioether (sulfide) groups is 2. The highest BCUT2D eigenvalue weighted by atomic mass is 32.2. The van der Waals surface area contributed by atoms with Crippen LogP contribution in [0.15, 0.2) is 18.2 Å². The molecule has 1 fully saturated rings. The van der Waals surface area contributed by atoms with Crippen molar-refractivity contribution >= 4 is 35.1 Å². The van der Waals surface area contributed by atoms with Gasteiger partial charge in [-0.05, 0) is 30.7 Å². The summed E-state index contributed by atoms with van der Waals surface area (Å²) >= 11 is 3.91. The van der Waals surface area contributed by atoms with Crippen LogP contribution in [0.3, 0.4) is 0 Å². The molecule has 1 aliphatic rings. The maximum atomic E-state index is 12.0. The highest BCUT2D eigenvalue weighted by molar-refractivity contribution is 8.06. The van der Waals surface area contributed by atoms with Crippen LogP contribution in [0.5, 0.6) is 0 Å². The molecule has 1 heterocycles. The lowest BCUT2D eigenvalue weighted by Crippen LogP contribution is -2.33. The third-order valence-electron chi connectivity index (χ3n) is 2.74. The number of amides is 1. The number of aryl methyl sites for hydroxylation is 1. The van der Waals surface area contributed by atoms with Gasteiger partial charge in [-0.3, -0.25) is 4.79 Å². The fraction of sp³-hybridized carbons (Fsp3) is 0.462. The zero-order valence-corrected chi connectivity index (χ0v) is 12.1. The predicted molar refractivity (Wildman–Crippen MR) is 81.5 cm³/mol. The van der Waals surface area contributed by atoms with E-state index in [9.17, 15) is 4.79 Å². The molecule has 5 heteroatoms. The van der Waals surface area contributed by atoms with Crippen LogP contribution in [-0.2, 0) is 0 Å². The Balaban J connectivity index is 1.90. The largest absolute Gasteiger partial charge is 0.399 e. The molecule has 0 saturated carbocycles. The summed E-state index contributed by atoms with van der Waals surface area (Å²) in [4.78, 5) is 12.0. The Labute approximate surface area is 116 Å². The molecule has 1 atom stereocenters. The second kappa shape index (κ2) is 6.38. The van der Waals surface area contributed by atoms with Crippen LogP contribution in [0.1, 0.15) is 15.9 Å². The standard InChI is InChI=1S/C13H18N2OS2/c1-9-4-10(6-11(14)5-9)13(16)15-7-12-8-17-2-3-18-12/h4-6,12H,2-3,7-8,14H2,1H3,(H,15,16). The van der Waals surface area contributed by atoms with Crippen LogP contribution in [-0.4, -0.2) is 35.0 Å². The van der Waals surface area contributed by atoms with Crippen molar-refractivity contribution in [2.75, 3.05) is 29.5 Å². The molecule has 3 N–H and O–H groups in total. The van der Waals surface area contributed by atoms with E-state index in [2.05, 4.69) is 5.32 Å². The van der Waals surface area contributed by atoms with Crippen LogP contribution in [0.4, 0.5) is 5.69 Å². The Kier molecular flexibility index (Phi) is 4.83. The molecule has 0 radical (unpaired) electrons. The Hall–Kier alpha value is -0.810. The van der Waals surface area contributed by atoms with Crippen molar-refractivity contribution in [1.29, 1.82) is 0 Å². The second-order valence-electron chi connectivity index (χ2n) is 4.41. The average molecular weight is 282 g/mol. The number of rotatable bonds is 3. The minimum Gasteiger partial charge on any atom is -0.399 e. The van der Waals surface area contributed by atoms with Gasteiger partial charge < -0.3 is 11.1 Å². The fourth-order valence-corrected chi connectivity index (χ4v) is 4.52. The first-order chi connectivity index (χ1) is 8.65. The van der Waals surface area contributed by atoms with Crippen LogP contribution >= 0.6 is 23.5 Å². The van der Waals surface area contributed by atoms with Crippen LogP contribution in [0.2, 0.25) is 0 Å². The molecular formula is C13H18N2OS2. The van der Waals surface area contributed by atoms with Gasteiger partial charge in [-0.1, -0.05) is 0 Å². The number of nitrogens with two attached hydrogens (primary N) is 1. The second-order valence-corrected chi connectivity index (χ2v) is 6.97. The van der Waals surface area contributed by atoms with Gasteiger partial charge in [-0.25, -0.2) is 0 Å². The van der Waals surface area contributed by atoms with Crippen molar-refractivity contribution < 1.29 is 4.79 Å². The zero-order valence-electron chi connectivity index (χ0n) is 10.4. The lowest BCUT2D eigenvalue weighted by atomic mass is 10.1. The lowest BCUT2D eigenvalue weighted by Gasteiger charge is -2.21. The molecule has 0 bridgehead atoms. The highest BCUT2D eigenvalue weighted by Crippen LogP contribution is 2.23. The maximum absolute atomic E-state index is 12.0. The van der Waals surface area contributed by atoms with E-state index < -0.39 is 0 Å². The Morgan fingerprint density at radius 1 is 1.44 bits per heavy atom. The Morgan fingerprint density at radius 2 is 2.28 bits per heavy atom. The number of carbonyl (C=O) groups is 1. The van der Waals surface area contributed by atoms with E-state index in [0.29, 0.717) is 16.5 Å². The molecule has 3 nitrogen and oxygen atoms in total. The van der Waals surface area contributed by atoms with Gasteiger partial charge in [0.2, 0.25) is 0 Å². The van der Waals surface area contributed by atoms with E-state index in [1.165, 1.54) is 11.5 Å². The first-order valence-electron chi connectivity index (χ1n) is 6.00. The molecular weight excluding hydrogens is 264 g/mol. The first kappa shape index (κ1) is 13.6. The summed E-state index contributed by atoms with van der Waals surface area (Å²) in [7, 11) is 0. The Bertz CT molecular complexity index is 411. The maximum Gasteiger partial charge on any atom is 0.251 e. The van der Waals surface area contributed by atoms with E-state index in [0.717, 1.165) is 17.9 Å². The highest BCUT2D eigenvalue weighted by Gasteiger charge is 2.15. The van der Waals surface area contributed by atoms with Crippen LogP contribution in [0.25, 0.3) is 0 Å². The molecule has 1 aromatic carbocycles. The molecule has 0 spiro atoms. The first-order valence-corrected chi connectivity index (χ1v) is 8.20. The number of hydrogen-bond acceptors (Lipinski definition) is 4. The summed E-state index contributed by atoms with van der Waals surface area (Å²) in [5, 5.41) is 3.53. The van der Waals surface area contributed by atoms with Crippen molar-refractivity contribution in [2.45, 2.75) is 12.2 Å². The van der Waals surface area contributed by atoms with Crippen molar-refractivity contribution in [2.24, 2.45) is 0 Å². The van der Waals surface area contributed by atoms with E-state index in [4.69, 9.17) is 5.73 Å². The number of nitrogen functional groups attached to an aromatic ring is 1. The van der Waals surface area contributed by atoms with Crippen LogP contribution in [0, 0.1) is 6.92 Å². The molecule has 1 aliphatic heterocycles. The molecule has 2 rings (SSSR count). The van der Waals surface area contributed by atoms with Gasteiger partial charge in [0.15, 0.2) is 0 Å². The summed E-state index contributed by atoms with van der Waals surface area (Å²) < 4.78 is 0. The van der Waals surface area contributed by atoms with E-state index >= 15 is 0 Å². The number of hydrogen-bond donors (Lipinski definition) is 2. The fourth-order valence-electron chi connectivity index (χ4n) is 1.91. The monoisotopic (exact) mass is 282 g/mol. The number of nitrogens with one attached hydrogen (secondary N) is 1. The molecule has 1 aromatic rings. The zero-order chi connectivity index (χ0) is 13.0. The van der Waals surface area contributed by atoms with Crippen molar-refractivity contribution in [3.05, 3.63) is 29.3 Å². The molecule has 18 heavy (non-hydrogen) atoms. The smallest absolute Gasteiger partial charge is 0.251 e. The average Bonchev–Trinajstić information content (AvgIpc) is 2.36. The molecule has 0 aromatic heterocycles. The summed E-state index contributed by atoms with van der Waals surface area (Å²) in [6.45, 7) is 2.69. The van der Waals surface area contributed by atoms with Crippen molar-refractivity contribution in [1.82, 2.24) is 5.32 Å². The van der Waals surface area contributed by atoms with E-state index in [-0.39, 0.29) is 5.91 Å². The number of anilines is 1. The topological polar surface area (TPSA) is 55.1 Å². The molecule has 1 amide bonds. The minimum absolute atomic E-state index is 0.0263. The summed E-state index contributed by atoms with van der Waals surface area (Å²) in [5.41, 5.74) is 8.06. The predicted octanol–water partition coefficient (Wildman–Crippen LogP) is 2.16. The quantitative estimate of drug-likeness (QED) is 0.834. The van der Waals surface area contributed by atoms with E-state index in [1.54, 1.807) is 6.07 Å². The third kappa shape index (κ3) is 3.85. The van der Waals surface area contributed by atoms with E-state index in [1.807, 2.05) is 42.6 Å². The van der Waals surface area contributed by atoms with Crippen molar-refractivity contribution in [3.8, 4) is 0 Å². The molecule has 1 saturated heterocycles. The SMILES string of the molecule is Cc1cc(N)cc(C(=O)NCC2CSCCS2)c1. The van der Waals surface area contributed by atoms with Gasteiger partial charge in [-0.15, -0.1) is 0 Å². The third-order valence-corrected chi connectivity index (χ3v) is 5.58. The Morgan fingerprint density at radius 3 is 2.94 bits per heavy atom. The van der Waals surface area contributed by atoms with Gasteiger partial charge in [0.05, 0.1) is 0 Å². The van der Waals surface area contributed by atoms with Gasteiger partial charge in [0.1, 0.15) is 0 Å². The minimum atomic E-state index is -0.0263. The number of benzene rings is 1. The molecule has 1 unspecified atom stereocenters. The molecule has 0 aliphatic carbocycles. The summed E-state index contributed by atoms with van der Waals surface area (Å²) in [6.07, 6.45) is 0. The van der Waals surface area contributed by atoms with Crippen LogP contribution < -0.4 is 11.1 Å². The summed E-state index contributed by atoms with van der Waals surface area (Å²) in [6, 6.07) is 5.46.